The number of carbonyl (C=O) groups excluding carboxylic acids is 1. The molecule has 18 heavy (non-hydrogen) atoms. The Morgan fingerprint density at radius 3 is 2.72 bits per heavy atom. The van der Waals surface area contributed by atoms with E-state index in [2.05, 4.69) is 10.1 Å². The highest BCUT2D eigenvalue weighted by molar-refractivity contribution is 7.98. The number of hydrogen-bond acceptors (Lipinski definition) is 4. The molecule has 0 aliphatic rings. The summed E-state index contributed by atoms with van der Waals surface area (Å²) in [4.78, 5) is 17.4. The van der Waals surface area contributed by atoms with Crippen LogP contribution < -0.4 is 0 Å². The van der Waals surface area contributed by atoms with Crippen LogP contribution in [-0.2, 0) is 5.75 Å². The highest BCUT2D eigenvalue weighted by atomic mass is 32.2. The summed E-state index contributed by atoms with van der Waals surface area (Å²) in [5, 5.41) is 4.55. The molecule has 0 atom stereocenters. The zero-order valence-electron chi connectivity index (χ0n) is 10.3. The maximum Gasteiger partial charge on any atom is 0.346 e. The van der Waals surface area contributed by atoms with E-state index in [1.807, 2.05) is 30.3 Å². The first kappa shape index (κ1) is 12.6. The molecule has 0 N–H and O–H groups in total. The van der Waals surface area contributed by atoms with Crippen LogP contribution in [0.15, 0.2) is 41.8 Å². The molecule has 0 radical (unpaired) electrons. The Bertz CT molecular complexity index is 524. The lowest BCUT2D eigenvalue weighted by Crippen LogP contribution is -2.28. The van der Waals surface area contributed by atoms with E-state index in [9.17, 15) is 4.79 Å². The smallest absolute Gasteiger partial charge is 0.329 e. The minimum Gasteiger partial charge on any atom is -0.329 e. The van der Waals surface area contributed by atoms with E-state index >= 15 is 0 Å². The number of carbonyl (C=O) groups is 1. The number of amides is 1. The predicted octanol–water partition coefficient (Wildman–Crippen LogP) is 2.10. The lowest BCUT2D eigenvalue weighted by Gasteiger charge is -2.10. The van der Waals surface area contributed by atoms with E-state index in [0.29, 0.717) is 5.16 Å². The van der Waals surface area contributed by atoms with Gasteiger partial charge in [0.2, 0.25) is 0 Å². The SMILES string of the molecule is CN(C)C(=O)n1ncnc1SCc1ccccc1. The van der Waals surface area contributed by atoms with E-state index in [1.54, 1.807) is 14.1 Å². The summed E-state index contributed by atoms with van der Waals surface area (Å²) < 4.78 is 1.31. The van der Waals surface area contributed by atoms with Gasteiger partial charge in [-0.05, 0) is 5.56 Å². The van der Waals surface area contributed by atoms with Crippen molar-refractivity contribution in [2.75, 3.05) is 14.1 Å². The minimum absolute atomic E-state index is 0.192. The van der Waals surface area contributed by atoms with E-state index in [4.69, 9.17) is 0 Å². The second-order valence-corrected chi connectivity index (χ2v) is 4.85. The lowest BCUT2D eigenvalue weighted by molar-refractivity contribution is 0.213. The fraction of sp³-hybridized carbons (Fsp3) is 0.250. The standard InChI is InChI=1S/C12H14N4OS/c1-15(2)12(17)16-11(13-9-14-16)18-8-10-6-4-3-5-7-10/h3-7,9H,8H2,1-2H3. The second kappa shape index (κ2) is 5.68. The Morgan fingerprint density at radius 2 is 2.06 bits per heavy atom. The highest BCUT2D eigenvalue weighted by Crippen LogP contribution is 2.20. The van der Waals surface area contributed by atoms with Crippen LogP contribution in [0.5, 0.6) is 0 Å². The van der Waals surface area contributed by atoms with Crippen LogP contribution in [-0.4, -0.2) is 39.8 Å². The van der Waals surface area contributed by atoms with Crippen molar-refractivity contribution in [1.82, 2.24) is 19.7 Å². The summed E-state index contributed by atoms with van der Waals surface area (Å²) in [5.74, 6) is 0.764. The third kappa shape index (κ3) is 2.89. The average Bonchev–Trinajstić information content (AvgIpc) is 2.84. The molecule has 2 aromatic rings. The highest BCUT2D eigenvalue weighted by Gasteiger charge is 2.14. The topological polar surface area (TPSA) is 51.0 Å². The van der Waals surface area contributed by atoms with Gasteiger partial charge in [-0.2, -0.15) is 4.68 Å². The quantitative estimate of drug-likeness (QED) is 0.795. The zero-order valence-corrected chi connectivity index (χ0v) is 11.1. The van der Waals surface area contributed by atoms with Gasteiger partial charge in [0, 0.05) is 19.8 Å². The number of thioether (sulfide) groups is 1. The zero-order chi connectivity index (χ0) is 13.0. The minimum atomic E-state index is -0.192. The van der Waals surface area contributed by atoms with Crippen LogP contribution >= 0.6 is 11.8 Å². The van der Waals surface area contributed by atoms with Crippen molar-refractivity contribution in [3.63, 3.8) is 0 Å². The molecular weight excluding hydrogens is 248 g/mol. The number of benzene rings is 1. The largest absolute Gasteiger partial charge is 0.346 e. The Kier molecular flexibility index (Phi) is 3.99. The van der Waals surface area contributed by atoms with Gasteiger partial charge in [-0.25, -0.2) is 9.78 Å². The van der Waals surface area contributed by atoms with Crippen LogP contribution in [0.3, 0.4) is 0 Å². The van der Waals surface area contributed by atoms with Gasteiger partial charge in [-0.1, -0.05) is 42.1 Å². The van der Waals surface area contributed by atoms with Gasteiger partial charge in [0.1, 0.15) is 6.33 Å². The molecule has 0 aliphatic carbocycles. The number of rotatable bonds is 3. The molecule has 0 saturated heterocycles. The van der Waals surface area contributed by atoms with Gasteiger partial charge < -0.3 is 4.90 Å². The Balaban J connectivity index is 2.07. The van der Waals surface area contributed by atoms with Gasteiger partial charge in [0.05, 0.1) is 0 Å². The maximum absolute atomic E-state index is 11.8. The molecule has 0 aliphatic heterocycles. The van der Waals surface area contributed by atoms with Gasteiger partial charge in [0.15, 0.2) is 5.16 Å². The summed E-state index contributed by atoms with van der Waals surface area (Å²) in [6, 6.07) is 9.86. The molecule has 0 unspecified atom stereocenters. The van der Waals surface area contributed by atoms with Gasteiger partial charge in [-0.15, -0.1) is 5.10 Å². The van der Waals surface area contributed by atoms with E-state index in [-0.39, 0.29) is 6.03 Å². The molecule has 94 valence electrons. The van der Waals surface area contributed by atoms with Crippen LogP contribution in [0, 0.1) is 0 Å². The molecule has 1 aromatic carbocycles. The molecule has 1 heterocycles. The molecule has 0 bridgehead atoms. The molecule has 0 saturated carbocycles. The fourth-order valence-electron chi connectivity index (χ4n) is 1.37. The van der Waals surface area contributed by atoms with Gasteiger partial charge in [0.25, 0.3) is 0 Å². The third-order valence-corrected chi connectivity index (χ3v) is 3.31. The molecule has 1 amide bonds. The summed E-state index contributed by atoms with van der Waals surface area (Å²) in [6.45, 7) is 0. The maximum atomic E-state index is 11.8. The molecule has 0 fully saturated rings. The molecule has 1 aromatic heterocycles. The predicted molar refractivity (Wildman–Crippen MR) is 70.5 cm³/mol. The first-order valence-corrected chi connectivity index (χ1v) is 6.45. The van der Waals surface area contributed by atoms with E-state index in [0.717, 1.165) is 5.75 Å². The van der Waals surface area contributed by atoms with Crippen molar-refractivity contribution in [3.8, 4) is 0 Å². The summed E-state index contributed by atoms with van der Waals surface area (Å²) >= 11 is 1.49. The molecular formula is C12H14N4OS. The van der Waals surface area contributed by atoms with Crippen molar-refractivity contribution in [2.24, 2.45) is 0 Å². The summed E-state index contributed by atoms with van der Waals surface area (Å²) in [6.07, 6.45) is 1.40. The van der Waals surface area contributed by atoms with Gasteiger partial charge in [-0.3, -0.25) is 0 Å². The van der Waals surface area contributed by atoms with Crippen molar-refractivity contribution in [2.45, 2.75) is 10.9 Å². The van der Waals surface area contributed by atoms with Crippen molar-refractivity contribution >= 4 is 17.8 Å². The summed E-state index contributed by atoms with van der Waals surface area (Å²) in [7, 11) is 3.38. The molecule has 2 rings (SSSR count). The van der Waals surface area contributed by atoms with Crippen LogP contribution in [0.25, 0.3) is 0 Å². The van der Waals surface area contributed by atoms with Crippen LogP contribution in [0.4, 0.5) is 4.79 Å². The number of nitrogens with zero attached hydrogens (tertiary/aromatic N) is 4. The van der Waals surface area contributed by atoms with Crippen molar-refractivity contribution in [1.29, 1.82) is 0 Å². The average molecular weight is 262 g/mol. The number of hydrogen-bond donors (Lipinski definition) is 0. The lowest BCUT2D eigenvalue weighted by atomic mass is 10.2. The number of aromatic nitrogens is 3. The van der Waals surface area contributed by atoms with Crippen molar-refractivity contribution < 1.29 is 4.79 Å². The molecule has 6 heteroatoms. The first-order valence-electron chi connectivity index (χ1n) is 5.47. The third-order valence-electron chi connectivity index (χ3n) is 2.29. The van der Waals surface area contributed by atoms with Gasteiger partial charge >= 0.3 is 6.03 Å². The molecule has 0 spiro atoms. The normalized spacial score (nSPS) is 10.3. The molecule has 5 nitrogen and oxygen atoms in total. The van der Waals surface area contributed by atoms with Crippen LogP contribution in [0.2, 0.25) is 0 Å². The Hall–Kier alpha value is -1.82. The second-order valence-electron chi connectivity index (χ2n) is 3.91. The Labute approximate surface area is 110 Å². The van der Waals surface area contributed by atoms with Crippen molar-refractivity contribution in [3.05, 3.63) is 42.2 Å². The van der Waals surface area contributed by atoms with E-state index in [1.165, 1.54) is 33.2 Å². The summed E-state index contributed by atoms with van der Waals surface area (Å²) in [5.41, 5.74) is 1.19. The van der Waals surface area contributed by atoms with E-state index < -0.39 is 0 Å². The monoisotopic (exact) mass is 262 g/mol. The first-order chi connectivity index (χ1) is 8.68. The Morgan fingerprint density at radius 1 is 1.33 bits per heavy atom. The van der Waals surface area contributed by atoms with Crippen LogP contribution in [0.1, 0.15) is 5.56 Å². The fourth-order valence-corrected chi connectivity index (χ4v) is 2.23.